The van der Waals surface area contributed by atoms with Crippen molar-refractivity contribution in [3.63, 3.8) is 0 Å². The van der Waals surface area contributed by atoms with E-state index in [-0.39, 0.29) is 5.82 Å². The normalized spacial score (nSPS) is 10.4. The molecule has 0 N–H and O–H groups in total. The summed E-state index contributed by atoms with van der Waals surface area (Å²) in [4.78, 5) is 0. The predicted octanol–water partition coefficient (Wildman–Crippen LogP) is 2.87. The Balaban J connectivity index is 1.95. The number of hydrogen-bond acceptors (Lipinski definition) is 0. The molecule has 0 saturated heterocycles. The highest BCUT2D eigenvalue weighted by Crippen LogP contribution is 2.04. The van der Waals surface area contributed by atoms with Crippen molar-refractivity contribution in [1.29, 1.82) is 0 Å². The summed E-state index contributed by atoms with van der Waals surface area (Å²) in [6.07, 6.45) is 5.00. The maximum Gasteiger partial charge on any atom is 0.123 e. The summed E-state index contributed by atoms with van der Waals surface area (Å²) in [5.41, 5.74) is 1.17. The topological polar surface area (TPSA) is 4.93 Å². The van der Waals surface area contributed by atoms with E-state index in [0.717, 1.165) is 13.0 Å². The summed E-state index contributed by atoms with van der Waals surface area (Å²) in [5.74, 6) is -0.172. The molecular weight excluding hydrogens is 177 g/mol. The molecule has 0 spiro atoms. The quantitative estimate of drug-likeness (QED) is 0.699. The number of rotatable bonds is 3. The van der Waals surface area contributed by atoms with E-state index in [1.165, 1.54) is 17.7 Å². The van der Waals surface area contributed by atoms with E-state index in [1.54, 1.807) is 0 Å². The lowest BCUT2D eigenvalue weighted by Crippen LogP contribution is -1.97. The van der Waals surface area contributed by atoms with Crippen LogP contribution < -0.4 is 0 Å². The Morgan fingerprint density at radius 3 is 2.29 bits per heavy atom. The van der Waals surface area contributed by atoms with Crippen molar-refractivity contribution in [3.8, 4) is 0 Å². The van der Waals surface area contributed by atoms with Crippen LogP contribution in [0.25, 0.3) is 0 Å². The van der Waals surface area contributed by atoms with Gasteiger partial charge < -0.3 is 4.57 Å². The van der Waals surface area contributed by atoms with Gasteiger partial charge in [-0.25, -0.2) is 4.39 Å². The van der Waals surface area contributed by atoms with Crippen molar-refractivity contribution in [2.45, 2.75) is 13.0 Å². The molecule has 0 aliphatic carbocycles. The standard InChI is InChI=1S/C12H12FN/c13-12-5-3-11(4-6-12)7-10-14-8-1-2-9-14/h1-6,8-9H,7,10H2. The maximum absolute atomic E-state index is 12.6. The summed E-state index contributed by atoms with van der Waals surface area (Å²) in [5, 5.41) is 0. The number of halogens is 1. The molecule has 0 atom stereocenters. The molecule has 0 unspecified atom stereocenters. The lowest BCUT2D eigenvalue weighted by molar-refractivity contribution is 0.625. The monoisotopic (exact) mass is 189 g/mol. The molecule has 72 valence electrons. The summed E-state index contributed by atoms with van der Waals surface area (Å²) in [6.45, 7) is 0.943. The van der Waals surface area contributed by atoms with Gasteiger partial charge in [0.2, 0.25) is 0 Å². The molecule has 0 bridgehead atoms. The zero-order valence-electron chi connectivity index (χ0n) is 7.86. The molecular formula is C12H12FN. The SMILES string of the molecule is Fc1ccc(CCn2cccc2)cc1. The molecule has 1 aromatic heterocycles. The smallest absolute Gasteiger partial charge is 0.123 e. The third-order valence-electron chi connectivity index (χ3n) is 2.24. The minimum absolute atomic E-state index is 0.172. The van der Waals surface area contributed by atoms with E-state index in [2.05, 4.69) is 4.57 Å². The largest absolute Gasteiger partial charge is 0.354 e. The summed E-state index contributed by atoms with van der Waals surface area (Å²) in [7, 11) is 0. The zero-order chi connectivity index (χ0) is 9.80. The van der Waals surface area contributed by atoms with E-state index < -0.39 is 0 Å². The number of aromatic nitrogens is 1. The average Bonchev–Trinajstić information content (AvgIpc) is 2.70. The van der Waals surface area contributed by atoms with Gasteiger partial charge in [0.15, 0.2) is 0 Å². The fourth-order valence-corrected chi connectivity index (χ4v) is 1.43. The average molecular weight is 189 g/mol. The molecule has 0 aliphatic rings. The predicted molar refractivity (Wildman–Crippen MR) is 54.5 cm³/mol. The Bertz CT molecular complexity index is 375. The van der Waals surface area contributed by atoms with Gasteiger partial charge in [0.25, 0.3) is 0 Å². The molecule has 1 aromatic carbocycles. The van der Waals surface area contributed by atoms with Gasteiger partial charge in [-0.3, -0.25) is 0 Å². The maximum atomic E-state index is 12.6. The van der Waals surface area contributed by atoms with Gasteiger partial charge in [-0.1, -0.05) is 12.1 Å². The van der Waals surface area contributed by atoms with Gasteiger partial charge in [0.05, 0.1) is 0 Å². The minimum atomic E-state index is -0.172. The molecule has 2 rings (SSSR count). The van der Waals surface area contributed by atoms with Crippen molar-refractivity contribution in [1.82, 2.24) is 4.57 Å². The molecule has 2 aromatic rings. The van der Waals surface area contributed by atoms with Gasteiger partial charge in [0, 0.05) is 18.9 Å². The van der Waals surface area contributed by atoms with Crippen molar-refractivity contribution >= 4 is 0 Å². The van der Waals surface area contributed by atoms with Crippen LogP contribution in [-0.4, -0.2) is 4.57 Å². The lowest BCUT2D eigenvalue weighted by Gasteiger charge is -2.02. The zero-order valence-corrected chi connectivity index (χ0v) is 7.86. The third kappa shape index (κ3) is 2.22. The van der Waals surface area contributed by atoms with Crippen LogP contribution in [0.15, 0.2) is 48.8 Å². The first-order chi connectivity index (χ1) is 6.84. The molecule has 0 amide bonds. The molecule has 0 fully saturated rings. The van der Waals surface area contributed by atoms with E-state index in [9.17, 15) is 4.39 Å². The molecule has 0 radical (unpaired) electrons. The Morgan fingerprint density at radius 1 is 1.00 bits per heavy atom. The molecule has 0 saturated carbocycles. The van der Waals surface area contributed by atoms with Gasteiger partial charge in [-0.15, -0.1) is 0 Å². The van der Waals surface area contributed by atoms with Gasteiger partial charge in [0.1, 0.15) is 5.82 Å². The Morgan fingerprint density at radius 2 is 1.64 bits per heavy atom. The van der Waals surface area contributed by atoms with Crippen LogP contribution in [0.1, 0.15) is 5.56 Å². The van der Waals surface area contributed by atoms with Crippen LogP contribution in [-0.2, 0) is 13.0 Å². The minimum Gasteiger partial charge on any atom is -0.354 e. The van der Waals surface area contributed by atoms with Crippen molar-refractivity contribution in [3.05, 3.63) is 60.2 Å². The number of hydrogen-bond donors (Lipinski definition) is 0. The van der Waals surface area contributed by atoms with Crippen LogP contribution in [0.2, 0.25) is 0 Å². The fraction of sp³-hybridized carbons (Fsp3) is 0.167. The summed E-state index contributed by atoms with van der Waals surface area (Å²) < 4.78 is 14.7. The Hall–Kier alpha value is -1.57. The third-order valence-corrected chi connectivity index (χ3v) is 2.24. The van der Waals surface area contributed by atoms with E-state index in [4.69, 9.17) is 0 Å². The first-order valence-electron chi connectivity index (χ1n) is 4.70. The second kappa shape index (κ2) is 4.09. The fourth-order valence-electron chi connectivity index (χ4n) is 1.43. The van der Waals surface area contributed by atoms with Crippen molar-refractivity contribution in [2.24, 2.45) is 0 Å². The second-order valence-electron chi connectivity index (χ2n) is 3.30. The Kier molecular flexibility index (Phi) is 2.63. The van der Waals surface area contributed by atoms with Crippen molar-refractivity contribution < 1.29 is 4.39 Å². The number of nitrogens with zero attached hydrogens (tertiary/aromatic N) is 1. The van der Waals surface area contributed by atoms with Gasteiger partial charge in [-0.05, 0) is 36.2 Å². The highest BCUT2D eigenvalue weighted by molar-refractivity contribution is 5.16. The molecule has 2 heteroatoms. The lowest BCUT2D eigenvalue weighted by atomic mass is 10.1. The van der Waals surface area contributed by atoms with Gasteiger partial charge >= 0.3 is 0 Å². The van der Waals surface area contributed by atoms with Crippen molar-refractivity contribution in [2.75, 3.05) is 0 Å². The second-order valence-corrected chi connectivity index (χ2v) is 3.30. The Labute approximate surface area is 82.8 Å². The molecule has 1 heterocycles. The van der Waals surface area contributed by atoms with Crippen LogP contribution in [0, 0.1) is 5.82 Å². The summed E-state index contributed by atoms with van der Waals surface area (Å²) in [6, 6.07) is 10.7. The number of benzene rings is 1. The van der Waals surface area contributed by atoms with Crippen LogP contribution in [0.3, 0.4) is 0 Å². The summed E-state index contributed by atoms with van der Waals surface area (Å²) >= 11 is 0. The number of aryl methyl sites for hydroxylation is 2. The molecule has 0 aliphatic heterocycles. The van der Waals surface area contributed by atoms with Crippen LogP contribution >= 0.6 is 0 Å². The first-order valence-corrected chi connectivity index (χ1v) is 4.70. The first kappa shape index (κ1) is 9.00. The van der Waals surface area contributed by atoms with E-state index in [1.807, 2.05) is 36.7 Å². The van der Waals surface area contributed by atoms with Crippen LogP contribution in [0.5, 0.6) is 0 Å². The van der Waals surface area contributed by atoms with Gasteiger partial charge in [-0.2, -0.15) is 0 Å². The molecule has 14 heavy (non-hydrogen) atoms. The molecule has 1 nitrogen and oxygen atoms in total. The highest BCUT2D eigenvalue weighted by atomic mass is 19.1. The highest BCUT2D eigenvalue weighted by Gasteiger charge is 1.94. The van der Waals surface area contributed by atoms with Crippen LogP contribution in [0.4, 0.5) is 4.39 Å². The van der Waals surface area contributed by atoms with E-state index in [0.29, 0.717) is 0 Å². The van der Waals surface area contributed by atoms with E-state index >= 15 is 0 Å².